The number of carbonyl (C=O) groups excluding carboxylic acids is 1. The zero-order valence-corrected chi connectivity index (χ0v) is 16.1. The van der Waals surface area contributed by atoms with Crippen molar-refractivity contribution in [1.82, 2.24) is 10.2 Å². The number of rotatable bonds is 5. The standard InChI is InChI=1S/C18H13BrClN3OS/c19-13-6-4-12(5-7-13)16-8-9-18(23-22-16)25-11-17(24)21-15-3-1-2-14(20)10-15/h1-10H,11H2,(H,21,24). The van der Waals surface area contributed by atoms with Gasteiger partial charge in [-0.2, -0.15) is 0 Å². The number of hydrogen-bond acceptors (Lipinski definition) is 4. The van der Waals surface area contributed by atoms with Crippen molar-refractivity contribution < 1.29 is 4.79 Å². The number of nitrogens with one attached hydrogen (secondary N) is 1. The lowest BCUT2D eigenvalue weighted by Gasteiger charge is -2.05. The van der Waals surface area contributed by atoms with Crippen LogP contribution < -0.4 is 5.32 Å². The first kappa shape index (κ1) is 17.9. The van der Waals surface area contributed by atoms with E-state index < -0.39 is 0 Å². The van der Waals surface area contributed by atoms with E-state index in [0.717, 1.165) is 15.7 Å². The maximum atomic E-state index is 12.0. The van der Waals surface area contributed by atoms with Crippen LogP contribution in [-0.4, -0.2) is 21.9 Å². The molecule has 0 aliphatic carbocycles. The first-order valence-corrected chi connectivity index (χ1v) is 9.54. The van der Waals surface area contributed by atoms with Gasteiger partial charge >= 0.3 is 0 Å². The molecule has 0 saturated carbocycles. The van der Waals surface area contributed by atoms with Crippen LogP contribution in [0.5, 0.6) is 0 Å². The Morgan fingerprint density at radius 1 is 1.08 bits per heavy atom. The summed E-state index contributed by atoms with van der Waals surface area (Å²) < 4.78 is 1.02. The Hall–Kier alpha value is -1.89. The van der Waals surface area contributed by atoms with Crippen molar-refractivity contribution in [2.45, 2.75) is 5.03 Å². The minimum Gasteiger partial charge on any atom is -0.325 e. The highest BCUT2D eigenvalue weighted by Gasteiger charge is 2.06. The third kappa shape index (κ3) is 5.29. The Labute approximate surface area is 163 Å². The van der Waals surface area contributed by atoms with Crippen LogP contribution in [0.15, 0.2) is 70.2 Å². The molecule has 3 aromatic rings. The second-order valence-electron chi connectivity index (χ2n) is 5.11. The van der Waals surface area contributed by atoms with Crippen LogP contribution in [0, 0.1) is 0 Å². The highest BCUT2D eigenvalue weighted by molar-refractivity contribution is 9.10. The van der Waals surface area contributed by atoms with Crippen molar-refractivity contribution in [1.29, 1.82) is 0 Å². The second kappa shape index (κ2) is 8.47. The van der Waals surface area contributed by atoms with Crippen LogP contribution in [0.25, 0.3) is 11.3 Å². The van der Waals surface area contributed by atoms with E-state index in [1.807, 2.05) is 36.4 Å². The predicted molar refractivity (Wildman–Crippen MR) is 106 cm³/mol. The Morgan fingerprint density at radius 3 is 2.56 bits per heavy atom. The fourth-order valence-electron chi connectivity index (χ4n) is 2.07. The average molecular weight is 435 g/mol. The van der Waals surface area contributed by atoms with E-state index in [-0.39, 0.29) is 11.7 Å². The van der Waals surface area contributed by atoms with Crippen molar-refractivity contribution in [3.63, 3.8) is 0 Å². The van der Waals surface area contributed by atoms with Crippen LogP contribution in [0.4, 0.5) is 5.69 Å². The molecule has 0 radical (unpaired) electrons. The molecule has 0 spiro atoms. The van der Waals surface area contributed by atoms with E-state index >= 15 is 0 Å². The third-order valence-corrected chi connectivity index (χ3v) is 4.92. The molecule has 1 N–H and O–H groups in total. The fourth-order valence-corrected chi connectivity index (χ4v) is 3.14. The molecule has 0 bridgehead atoms. The maximum absolute atomic E-state index is 12.0. The Bertz CT molecular complexity index is 872. The van der Waals surface area contributed by atoms with Crippen molar-refractivity contribution in [2.75, 3.05) is 11.1 Å². The van der Waals surface area contributed by atoms with Crippen LogP contribution in [0.3, 0.4) is 0 Å². The fraction of sp³-hybridized carbons (Fsp3) is 0.0556. The number of aromatic nitrogens is 2. The van der Waals surface area contributed by atoms with Gasteiger partial charge in [0.15, 0.2) is 0 Å². The van der Waals surface area contributed by atoms with Crippen molar-refractivity contribution in [2.24, 2.45) is 0 Å². The summed E-state index contributed by atoms with van der Waals surface area (Å²) in [6, 6.07) is 18.7. The second-order valence-corrected chi connectivity index (χ2v) is 7.46. The van der Waals surface area contributed by atoms with Gasteiger partial charge in [-0.05, 0) is 42.5 Å². The molecule has 1 aromatic heterocycles. The molecule has 7 heteroatoms. The van der Waals surface area contributed by atoms with Crippen molar-refractivity contribution in [3.8, 4) is 11.3 Å². The van der Waals surface area contributed by atoms with Gasteiger partial charge in [-0.3, -0.25) is 4.79 Å². The minimum atomic E-state index is -0.119. The number of anilines is 1. The molecule has 2 aromatic carbocycles. The summed E-state index contributed by atoms with van der Waals surface area (Å²) >= 11 is 10.6. The van der Waals surface area contributed by atoms with Gasteiger partial charge in [-0.25, -0.2) is 0 Å². The highest BCUT2D eigenvalue weighted by Crippen LogP contribution is 2.22. The largest absolute Gasteiger partial charge is 0.325 e. The first-order valence-electron chi connectivity index (χ1n) is 7.38. The molecule has 1 amide bonds. The molecule has 4 nitrogen and oxygen atoms in total. The van der Waals surface area contributed by atoms with Gasteiger partial charge < -0.3 is 5.32 Å². The third-order valence-electron chi connectivity index (χ3n) is 3.24. The van der Waals surface area contributed by atoms with Crippen LogP contribution in [0.2, 0.25) is 5.02 Å². The smallest absolute Gasteiger partial charge is 0.234 e. The number of nitrogens with zero attached hydrogens (tertiary/aromatic N) is 2. The predicted octanol–water partition coefficient (Wildman–Crippen LogP) is 5.29. The van der Waals surface area contributed by atoms with E-state index in [1.165, 1.54) is 11.8 Å². The van der Waals surface area contributed by atoms with E-state index in [4.69, 9.17) is 11.6 Å². The minimum absolute atomic E-state index is 0.119. The molecule has 0 aliphatic rings. The lowest BCUT2D eigenvalue weighted by Crippen LogP contribution is -2.14. The summed E-state index contributed by atoms with van der Waals surface area (Å²) in [6.07, 6.45) is 0. The van der Waals surface area contributed by atoms with Crippen LogP contribution >= 0.6 is 39.3 Å². The molecule has 3 rings (SSSR count). The van der Waals surface area contributed by atoms with Crippen LogP contribution in [0.1, 0.15) is 0 Å². The lowest BCUT2D eigenvalue weighted by molar-refractivity contribution is -0.113. The number of amides is 1. The lowest BCUT2D eigenvalue weighted by atomic mass is 10.1. The molecular weight excluding hydrogens is 422 g/mol. The van der Waals surface area contributed by atoms with Gasteiger partial charge in [-0.1, -0.05) is 57.5 Å². The Kier molecular flexibility index (Phi) is 6.07. The number of hydrogen-bond donors (Lipinski definition) is 1. The van der Waals surface area contributed by atoms with Gasteiger partial charge in [0.25, 0.3) is 0 Å². The monoisotopic (exact) mass is 433 g/mol. The Morgan fingerprint density at radius 2 is 1.88 bits per heavy atom. The van der Waals surface area contributed by atoms with E-state index in [2.05, 4.69) is 31.4 Å². The summed E-state index contributed by atoms with van der Waals surface area (Å²) in [5.74, 6) is 0.129. The van der Waals surface area contributed by atoms with Crippen LogP contribution in [-0.2, 0) is 4.79 Å². The van der Waals surface area contributed by atoms with E-state index in [9.17, 15) is 4.79 Å². The molecular formula is C18H13BrClN3OS. The molecule has 0 saturated heterocycles. The first-order chi connectivity index (χ1) is 12.1. The molecule has 0 unspecified atom stereocenters. The SMILES string of the molecule is O=C(CSc1ccc(-c2ccc(Br)cc2)nn1)Nc1cccc(Cl)c1. The van der Waals surface area contributed by atoms with E-state index in [1.54, 1.807) is 24.3 Å². The topological polar surface area (TPSA) is 54.9 Å². The summed E-state index contributed by atoms with van der Waals surface area (Å²) in [7, 11) is 0. The zero-order chi connectivity index (χ0) is 17.6. The molecule has 0 atom stereocenters. The molecule has 0 aliphatic heterocycles. The summed E-state index contributed by atoms with van der Waals surface area (Å²) in [5, 5.41) is 12.5. The van der Waals surface area contributed by atoms with Gasteiger partial charge in [0.2, 0.25) is 5.91 Å². The summed E-state index contributed by atoms with van der Waals surface area (Å²) in [5.41, 5.74) is 2.46. The molecule has 25 heavy (non-hydrogen) atoms. The van der Waals surface area contributed by atoms with E-state index in [0.29, 0.717) is 15.7 Å². The average Bonchev–Trinajstić information content (AvgIpc) is 2.61. The van der Waals surface area contributed by atoms with Crippen molar-refractivity contribution in [3.05, 3.63) is 70.2 Å². The zero-order valence-electron chi connectivity index (χ0n) is 12.9. The molecule has 126 valence electrons. The van der Waals surface area contributed by atoms with Gasteiger partial charge in [0.05, 0.1) is 11.4 Å². The normalized spacial score (nSPS) is 10.5. The van der Waals surface area contributed by atoms with Crippen molar-refractivity contribution >= 4 is 50.9 Å². The maximum Gasteiger partial charge on any atom is 0.234 e. The molecule has 1 heterocycles. The Balaban J connectivity index is 1.56. The van der Waals surface area contributed by atoms with Gasteiger partial charge in [0, 0.05) is 20.7 Å². The van der Waals surface area contributed by atoms with Gasteiger partial charge in [-0.15, -0.1) is 10.2 Å². The number of halogens is 2. The summed E-state index contributed by atoms with van der Waals surface area (Å²) in [6.45, 7) is 0. The number of thioether (sulfide) groups is 1. The number of carbonyl (C=O) groups is 1. The summed E-state index contributed by atoms with van der Waals surface area (Å²) in [4.78, 5) is 12.0. The van der Waals surface area contributed by atoms with Gasteiger partial charge in [0.1, 0.15) is 5.03 Å². The molecule has 0 fully saturated rings. The quantitative estimate of drug-likeness (QED) is 0.554. The highest BCUT2D eigenvalue weighted by atomic mass is 79.9. The number of benzene rings is 2.